The van der Waals surface area contributed by atoms with E-state index < -0.39 is 13.7 Å². The number of rotatable bonds is 3. The SMILES string of the molecule is CCN1CC=C(c2c3c4c5cc(C(N)=O)cc4n2OP(=O)(O5)O3)CC1. The first-order valence-electron chi connectivity index (χ1n) is 8.12. The van der Waals surface area contributed by atoms with Crippen LogP contribution in [-0.4, -0.2) is 35.2 Å². The molecule has 9 heteroatoms. The average Bonchev–Trinajstić information content (AvgIpc) is 2.77. The van der Waals surface area contributed by atoms with Crippen LogP contribution in [0.5, 0.6) is 11.5 Å². The number of nitrogens with zero attached hydrogens (tertiary/aromatic N) is 2. The van der Waals surface area contributed by atoms with Gasteiger partial charge < -0.3 is 14.8 Å². The molecule has 130 valence electrons. The van der Waals surface area contributed by atoms with Gasteiger partial charge in [0, 0.05) is 18.7 Å². The Morgan fingerprint density at radius 3 is 2.88 bits per heavy atom. The Bertz CT molecular complexity index is 1020. The molecule has 4 heterocycles. The van der Waals surface area contributed by atoms with Gasteiger partial charge in [-0.2, -0.15) is 9.30 Å². The zero-order valence-corrected chi connectivity index (χ0v) is 14.4. The highest BCUT2D eigenvalue weighted by molar-refractivity contribution is 7.49. The molecule has 0 saturated heterocycles. The van der Waals surface area contributed by atoms with Gasteiger partial charge in [-0.25, -0.2) is 0 Å². The monoisotopic (exact) mass is 361 g/mol. The topological polar surface area (TPSA) is 96.0 Å². The molecule has 2 N–H and O–H groups in total. The average molecular weight is 361 g/mol. The van der Waals surface area contributed by atoms with Gasteiger partial charge in [0.1, 0.15) is 11.4 Å². The fraction of sp³-hybridized carbons (Fsp3) is 0.312. The van der Waals surface area contributed by atoms with E-state index in [9.17, 15) is 9.36 Å². The van der Waals surface area contributed by atoms with Crippen molar-refractivity contribution in [2.24, 2.45) is 5.73 Å². The van der Waals surface area contributed by atoms with Crippen molar-refractivity contribution in [2.75, 3.05) is 19.6 Å². The van der Waals surface area contributed by atoms with Crippen molar-refractivity contribution < 1.29 is 23.0 Å². The van der Waals surface area contributed by atoms with Crippen LogP contribution in [0.2, 0.25) is 0 Å². The summed E-state index contributed by atoms with van der Waals surface area (Å²) in [6, 6.07) is 3.10. The number of aromatic nitrogens is 1. The van der Waals surface area contributed by atoms with E-state index >= 15 is 0 Å². The molecule has 8 nitrogen and oxygen atoms in total. The number of fused-ring (bicyclic) bond motifs is 3. The molecule has 3 aliphatic rings. The molecular weight excluding hydrogens is 345 g/mol. The number of carbonyl (C=O) groups is 1. The number of hydrogen-bond acceptors (Lipinski definition) is 6. The van der Waals surface area contributed by atoms with Crippen LogP contribution in [0.3, 0.4) is 0 Å². The van der Waals surface area contributed by atoms with Crippen molar-refractivity contribution in [3.05, 3.63) is 29.5 Å². The molecule has 1 aromatic heterocycles. The van der Waals surface area contributed by atoms with E-state index in [1.165, 1.54) is 10.8 Å². The van der Waals surface area contributed by atoms with Crippen LogP contribution in [0.4, 0.5) is 0 Å². The first kappa shape index (κ1) is 14.9. The van der Waals surface area contributed by atoms with Crippen LogP contribution in [0.15, 0.2) is 18.2 Å². The quantitative estimate of drug-likeness (QED) is 0.842. The van der Waals surface area contributed by atoms with E-state index in [1.54, 1.807) is 6.07 Å². The molecule has 0 saturated carbocycles. The van der Waals surface area contributed by atoms with Crippen molar-refractivity contribution >= 4 is 30.2 Å². The van der Waals surface area contributed by atoms with Gasteiger partial charge in [0.15, 0.2) is 5.75 Å². The maximum Gasteiger partial charge on any atom is 0.666 e. The first-order chi connectivity index (χ1) is 12.0. The Kier molecular flexibility index (Phi) is 2.86. The van der Waals surface area contributed by atoms with Crippen LogP contribution in [0.1, 0.15) is 29.4 Å². The number of primary amides is 1. The lowest BCUT2D eigenvalue weighted by Gasteiger charge is -2.29. The van der Waals surface area contributed by atoms with Crippen molar-refractivity contribution in [3.8, 4) is 11.5 Å². The normalized spacial score (nSPS) is 24.0. The molecule has 1 unspecified atom stereocenters. The Morgan fingerprint density at radius 1 is 1.36 bits per heavy atom. The van der Waals surface area contributed by atoms with Gasteiger partial charge in [-0.1, -0.05) is 13.0 Å². The summed E-state index contributed by atoms with van der Waals surface area (Å²) in [5, 5.41) is 0.655. The van der Waals surface area contributed by atoms with Crippen LogP contribution >= 0.6 is 7.82 Å². The Balaban J connectivity index is 1.76. The molecule has 25 heavy (non-hydrogen) atoms. The molecule has 1 amide bonds. The molecule has 0 fully saturated rings. The summed E-state index contributed by atoms with van der Waals surface area (Å²) in [5.41, 5.74) is 8.05. The zero-order valence-electron chi connectivity index (χ0n) is 13.5. The molecular formula is C16H16N3O5P. The van der Waals surface area contributed by atoms with Gasteiger partial charge in [0.25, 0.3) is 0 Å². The number of benzene rings is 1. The van der Waals surface area contributed by atoms with Crippen molar-refractivity contribution in [3.63, 3.8) is 0 Å². The summed E-state index contributed by atoms with van der Waals surface area (Å²) in [7, 11) is -3.78. The highest BCUT2D eigenvalue weighted by Gasteiger charge is 2.49. The fourth-order valence-corrected chi connectivity index (χ4v) is 4.84. The van der Waals surface area contributed by atoms with Crippen LogP contribution in [-0.2, 0) is 4.57 Å². The van der Waals surface area contributed by atoms with Gasteiger partial charge in [0.2, 0.25) is 5.91 Å². The number of amides is 1. The van der Waals surface area contributed by atoms with E-state index in [0.29, 0.717) is 22.4 Å². The van der Waals surface area contributed by atoms with Crippen LogP contribution in [0.25, 0.3) is 16.5 Å². The van der Waals surface area contributed by atoms with Gasteiger partial charge in [-0.05, 0) is 30.7 Å². The number of likely N-dealkylation sites (N-methyl/N-ethyl adjacent to an activating group) is 1. The number of carbonyl (C=O) groups excluding carboxylic acids is 1. The summed E-state index contributed by atoms with van der Waals surface area (Å²) in [5.74, 6) is 0.217. The molecule has 3 aliphatic heterocycles. The molecule has 0 spiro atoms. The number of nitrogens with two attached hydrogens (primary N) is 1. The van der Waals surface area contributed by atoms with Crippen molar-refractivity contribution in [1.29, 1.82) is 0 Å². The highest BCUT2D eigenvalue weighted by atomic mass is 31.2. The first-order valence-corrected chi connectivity index (χ1v) is 9.58. The van der Waals surface area contributed by atoms with E-state index in [1.807, 2.05) is 0 Å². The Hall–Kier alpha value is -2.44. The van der Waals surface area contributed by atoms with Gasteiger partial charge in [0.05, 0.1) is 10.9 Å². The number of phosphoric ester groups is 1. The summed E-state index contributed by atoms with van der Waals surface area (Å²) in [6.07, 6.45) is 2.95. The molecule has 3 bridgehead atoms. The highest BCUT2D eigenvalue weighted by Crippen LogP contribution is 2.62. The number of phosphoric acid groups is 1. The van der Waals surface area contributed by atoms with Crippen LogP contribution < -0.4 is 19.4 Å². The third kappa shape index (κ3) is 1.98. The maximum atomic E-state index is 12.7. The summed E-state index contributed by atoms with van der Waals surface area (Å²) in [6.45, 7) is 4.87. The van der Waals surface area contributed by atoms with E-state index in [2.05, 4.69) is 17.9 Å². The summed E-state index contributed by atoms with van der Waals surface area (Å²) in [4.78, 5) is 13.9. The second-order valence-electron chi connectivity index (χ2n) is 6.29. The lowest BCUT2D eigenvalue weighted by Crippen LogP contribution is -2.29. The smallest absolute Gasteiger partial charge is 0.384 e. The predicted molar refractivity (Wildman–Crippen MR) is 90.6 cm³/mol. The Morgan fingerprint density at radius 2 is 2.20 bits per heavy atom. The van der Waals surface area contributed by atoms with Gasteiger partial charge >= 0.3 is 7.82 Å². The largest absolute Gasteiger partial charge is 0.666 e. The Labute approximate surface area is 143 Å². The van der Waals surface area contributed by atoms with E-state index in [4.69, 9.17) is 19.4 Å². The molecule has 1 aromatic carbocycles. The second-order valence-corrected chi connectivity index (χ2v) is 7.71. The molecule has 0 radical (unpaired) electrons. The van der Waals surface area contributed by atoms with Crippen molar-refractivity contribution in [1.82, 2.24) is 9.63 Å². The van der Waals surface area contributed by atoms with E-state index in [-0.39, 0.29) is 5.56 Å². The third-order valence-corrected chi connectivity index (χ3v) is 6.06. The maximum absolute atomic E-state index is 12.7. The predicted octanol–water partition coefficient (Wildman–Crippen LogP) is 2.17. The summed E-state index contributed by atoms with van der Waals surface area (Å²) >= 11 is 0. The van der Waals surface area contributed by atoms with Crippen molar-refractivity contribution in [2.45, 2.75) is 13.3 Å². The molecule has 1 atom stereocenters. The zero-order chi connectivity index (χ0) is 17.3. The minimum atomic E-state index is -3.78. The lowest BCUT2D eigenvalue weighted by atomic mass is 10.0. The minimum absolute atomic E-state index is 0.271. The standard InChI is InChI=1S/C16H16N3O5P/c1-2-18-5-3-9(4-6-18)14-15-13-11-7-10(16(17)20)8-12(13)22-25(21,23-15)24-19(11)14/h3,7-8H,2,4-6H2,1H3,(H2,17,20). The number of hydrogen-bond donors (Lipinski definition) is 1. The second kappa shape index (κ2) is 4.80. The summed E-state index contributed by atoms with van der Waals surface area (Å²) < 4.78 is 30.6. The lowest BCUT2D eigenvalue weighted by molar-refractivity contribution is 0.1000. The van der Waals surface area contributed by atoms with E-state index in [0.717, 1.165) is 37.3 Å². The van der Waals surface area contributed by atoms with Crippen LogP contribution in [0, 0.1) is 0 Å². The minimum Gasteiger partial charge on any atom is -0.384 e. The van der Waals surface area contributed by atoms with Gasteiger partial charge in [-0.3, -0.25) is 14.3 Å². The van der Waals surface area contributed by atoms with Gasteiger partial charge in [-0.15, -0.1) is 0 Å². The molecule has 5 rings (SSSR count). The molecule has 2 aromatic rings. The molecule has 0 aliphatic carbocycles. The fourth-order valence-electron chi connectivity index (χ4n) is 3.58. The third-order valence-electron chi connectivity index (χ3n) is 4.87.